The number of hydrogen-bond donors (Lipinski definition) is 2. The highest BCUT2D eigenvalue weighted by atomic mass is 35.5. The van der Waals surface area contributed by atoms with Crippen LogP contribution in [0.15, 0.2) is 18.2 Å². The first kappa shape index (κ1) is 15.7. The highest BCUT2D eigenvalue weighted by Crippen LogP contribution is 2.28. The number of nitrogens with one attached hydrogen (secondary N) is 1. The first-order chi connectivity index (χ1) is 9.61. The summed E-state index contributed by atoms with van der Waals surface area (Å²) >= 11 is 6.14. The molecule has 0 amide bonds. The maximum absolute atomic E-state index is 13.1. The molecule has 5 heteroatoms. The highest BCUT2D eigenvalue weighted by molar-refractivity contribution is 6.31. The molecule has 112 valence electrons. The molecule has 0 saturated carbocycles. The molecule has 20 heavy (non-hydrogen) atoms. The third-order valence-corrected chi connectivity index (χ3v) is 4.29. The van der Waals surface area contributed by atoms with Crippen molar-refractivity contribution in [2.24, 2.45) is 0 Å². The zero-order valence-electron chi connectivity index (χ0n) is 11.8. The minimum absolute atomic E-state index is 0.0534. The second kappa shape index (κ2) is 7.36. The molecule has 2 unspecified atom stereocenters. The predicted molar refractivity (Wildman–Crippen MR) is 79.5 cm³/mol. The van der Waals surface area contributed by atoms with Crippen molar-refractivity contribution < 1.29 is 9.50 Å². The van der Waals surface area contributed by atoms with Gasteiger partial charge in [-0.1, -0.05) is 17.7 Å². The van der Waals surface area contributed by atoms with Gasteiger partial charge in [-0.3, -0.25) is 4.90 Å². The van der Waals surface area contributed by atoms with Crippen molar-refractivity contribution in [1.29, 1.82) is 0 Å². The van der Waals surface area contributed by atoms with Crippen molar-refractivity contribution in [2.75, 3.05) is 26.2 Å². The van der Waals surface area contributed by atoms with Crippen molar-refractivity contribution in [3.05, 3.63) is 34.6 Å². The molecule has 2 N–H and O–H groups in total. The summed E-state index contributed by atoms with van der Waals surface area (Å²) in [6.07, 6.45) is 2.36. The van der Waals surface area contributed by atoms with Gasteiger partial charge in [0.2, 0.25) is 0 Å². The van der Waals surface area contributed by atoms with Gasteiger partial charge >= 0.3 is 0 Å². The summed E-state index contributed by atoms with van der Waals surface area (Å²) in [6.45, 7) is 4.67. The summed E-state index contributed by atoms with van der Waals surface area (Å²) in [4.78, 5) is 2.20. The zero-order chi connectivity index (χ0) is 14.5. The van der Waals surface area contributed by atoms with Crippen LogP contribution in [0.25, 0.3) is 0 Å². The number of nitrogens with zero attached hydrogens (tertiary/aromatic N) is 1. The van der Waals surface area contributed by atoms with Gasteiger partial charge in [-0.15, -0.1) is 0 Å². The first-order valence-electron chi connectivity index (χ1n) is 7.15. The first-order valence-corrected chi connectivity index (χ1v) is 7.53. The Balaban J connectivity index is 2.10. The lowest BCUT2D eigenvalue weighted by molar-refractivity contribution is 0.147. The summed E-state index contributed by atoms with van der Waals surface area (Å²) < 4.78 is 13.1. The van der Waals surface area contributed by atoms with E-state index in [1.54, 1.807) is 6.07 Å². The number of aliphatic hydroxyl groups is 1. The predicted octanol–water partition coefficient (Wildman–Crippen LogP) is 2.59. The van der Waals surface area contributed by atoms with E-state index in [2.05, 4.69) is 10.2 Å². The monoisotopic (exact) mass is 300 g/mol. The Bertz CT molecular complexity index is 438. The molecule has 0 bridgehead atoms. The van der Waals surface area contributed by atoms with E-state index in [0.29, 0.717) is 17.6 Å². The maximum atomic E-state index is 13.1. The number of benzene rings is 1. The largest absolute Gasteiger partial charge is 0.395 e. The molecule has 1 aromatic rings. The maximum Gasteiger partial charge on any atom is 0.124 e. The molecular formula is C15H22ClFN2O. The van der Waals surface area contributed by atoms with Crippen LogP contribution in [0.4, 0.5) is 4.39 Å². The van der Waals surface area contributed by atoms with E-state index < -0.39 is 0 Å². The van der Waals surface area contributed by atoms with E-state index in [9.17, 15) is 9.50 Å². The van der Waals surface area contributed by atoms with Gasteiger partial charge in [0.05, 0.1) is 6.61 Å². The van der Waals surface area contributed by atoms with Crippen molar-refractivity contribution in [3.8, 4) is 0 Å². The molecule has 2 rings (SSSR count). The van der Waals surface area contributed by atoms with E-state index in [4.69, 9.17) is 11.6 Å². The van der Waals surface area contributed by atoms with Gasteiger partial charge in [-0.05, 0) is 44.0 Å². The SMILES string of the molecule is CC(c1ccc(F)cc1Cl)N(CCO)CC1CCCN1. The number of halogens is 2. The molecule has 1 aromatic carbocycles. The van der Waals surface area contributed by atoms with Crippen molar-refractivity contribution in [3.63, 3.8) is 0 Å². The Labute approximate surface area is 124 Å². The smallest absolute Gasteiger partial charge is 0.124 e. The molecular weight excluding hydrogens is 279 g/mol. The third kappa shape index (κ3) is 3.92. The molecule has 1 heterocycles. The highest BCUT2D eigenvalue weighted by Gasteiger charge is 2.23. The van der Waals surface area contributed by atoms with E-state index in [0.717, 1.165) is 25.1 Å². The fourth-order valence-corrected chi connectivity index (χ4v) is 3.13. The summed E-state index contributed by atoms with van der Waals surface area (Å²) in [6, 6.07) is 5.02. The summed E-state index contributed by atoms with van der Waals surface area (Å²) in [7, 11) is 0. The van der Waals surface area contributed by atoms with Crippen LogP contribution in [0.2, 0.25) is 5.02 Å². The fourth-order valence-electron chi connectivity index (χ4n) is 2.80. The van der Waals surface area contributed by atoms with Gasteiger partial charge in [-0.2, -0.15) is 0 Å². The summed E-state index contributed by atoms with van der Waals surface area (Å²) in [5, 5.41) is 13.2. The molecule has 1 saturated heterocycles. The van der Waals surface area contributed by atoms with Crippen molar-refractivity contribution in [1.82, 2.24) is 10.2 Å². The average molecular weight is 301 g/mol. The normalized spacial score (nSPS) is 20.6. The minimum Gasteiger partial charge on any atom is -0.395 e. The van der Waals surface area contributed by atoms with Crippen LogP contribution in [-0.4, -0.2) is 42.3 Å². The standard InChI is InChI=1S/C15H22ClFN2O/c1-11(14-5-4-12(17)9-15(14)16)19(7-8-20)10-13-3-2-6-18-13/h4-5,9,11,13,18,20H,2-3,6-8,10H2,1H3. The molecule has 1 fully saturated rings. The van der Waals surface area contributed by atoms with Crippen molar-refractivity contribution in [2.45, 2.75) is 31.8 Å². The molecule has 1 aliphatic heterocycles. The molecule has 2 atom stereocenters. The fraction of sp³-hybridized carbons (Fsp3) is 0.600. The van der Waals surface area contributed by atoms with E-state index in [-0.39, 0.29) is 18.5 Å². The Kier molecular flexibility index (Phi) is 5.78. The van der Waals surface area contributed by atoms with E-state index in [1.807, 2.05) is 6.92 Å². The minimum atomic E-state index is -0.322. The molecule has 0 aromatic heterocycles. The van der Waals surface area contributed by atoms with Crippen LogP contribution < -0.4 is 5.32 Å². The van der Waals surface area contributed by atoms with Gasteiger partial charge in [0.15, 0.2) is 0 Å². The number of hydrogen-bond acceptors (Lipinski definition) is 3. The lowest BCUT2D eigenvalue weighted by atomic mass is 10.1. The third-order valence-electron chi connectivity index (χ3n) is 3.96. The molecule has 1 aliphatic rings. The van der Waals surface area contributed by atoms with Crippen LogP contribution in [0.1, 0.15) is 31.4 Å². The molecule has 0 radical (unpaired) electrons. The second-order valence-electron chi connectivity index (χ2n) is 5.35. The van der Waals surface area contributed by atoms with Gasteiger partial charge in [-0.25, -0.2) is 4.39 Å². The second-order valence-corrected chi connectivity index (χ2v) is 5.76. The summed E-state index contributed by atoms with van der Waals surface area (Å²) in [5.74, 6) is -0.322. The van der Waals surface area contributed by atoms with Crippen molar-refractivity contribution >= 4 is 11.6 Å². The average Bonchev–Trinajstić information content (AvgIpc) is 2.90. The van der Waals surface area contributed by atoms with Crippen LogP contribution in [0.3, 0.4) is 0 Å². The number of aliphatic hydroxyl groups excluding tert-OH is 1. The Morgan fingerprint density at radius 1 is 1.55 bits per heavy atom. The molecule has 3 nitrogen and oxygen atoms in total. The quantitative estimate of drug-likeness (QED) is 0.848. The number of rotatable bonds is 6. The molecule has 0 aliphatic carbocycles. The Hall–Kier alpha value is -0.680. The topological polar surface area (TPSA) is 35.5 Å². The van der Waals surface area contributed by atoms with Crippen LogP contribution in [0.5, 0.6) is 0 Å². The van der Waals surface area contributed by atoms with Gasteiger partial charge in [0.1, 0.15) is 5.82 Å². The van der Waals surface area contributed by atoms with Crippen LogP contribution >= 0.6 is 11.6 Å². The lowest BCUT2D eigenvalue weighted by Gasteiger charge is -2.31. The van der Waals surface area contributed by atoms with E-state index >= 15 is 0 Å². The Morgan fingerprint density at radius 3 is 2.95 bits per heavy atom. The van der Waals surface area contributed by atoms with Gasteiger partial charge < -0.3 is 10.4 Å². The van der Waals surface area contributed by atoms with Gasteiger partial charge in [0.25, 0.3) is 0 Å². The van der Waals surface area contributed by atoms with Crippen LogP contribution in [-0.2, 0) is 0 Å². The van der Waals surface area contributed by atoms with Crippen LogP contribution in [0, 0.1) is 5.82 Å². The van der Waals surface area contributed by atoms with Gasteiger partial charge in [0, 0.05) is 30.2 Å². The zero-order valence-corrected chi connectivity index (χ0v) is 12.5. The summed E-state index contributed by atoms with van der Waals surface area (Å²) in [5.41, 5.74) is 0.902. The Morgan fingerprint density at radius 2 is 2.35 bits per heavy atom. The molecule has 0 spiro atoms. The lowest BCUT2D eigenvalue weighted by Crippen LogP contribution is -2.40. The van der Waals surface area contributed by atoms with E-state index in [1.165, 1.54) is 18.6 Å².